The summed E-state index contributed by atoms with van der Waals surface area (Å²) in [6, 6.07) is 2.07. The average molecular weight is 265 g/mol. The minimum Gasteiger partial charge on any atom is -0.396 e. The van der Waals surface area contributed by atoms with Gasteiger partial charge in [0.25, 0.3) is 5.91 Å². The first-order valence-corrected chi connectivity index (χ1v) is 7.11. The number of nitrogens with one attached hydrogen (secondary N) is 1. The van der Waals surface area contributed by atoms with E-state index in [4.69, 9.17) is 0 Å². The van der Waals surface area contributed by atoms with Gasteiger partial charge in [0.2, 0.25) is 0 Å². The van der Waals surface area contributed by atoms with Crippen LogP contribution in [0.25, 0.3) is 0 Å². The van der Waals surface area contributed by atoms with Crippen LogP contribution >= 0.6 is 0 Å². The quantitative estimate of drug-likeness (QED) is 0.868. The molecule has 2 atom stereocenters. The highest BCUT2D eigenvalue weighted by atomic mass is 16.3. The van der Waals surface area contributed by atoms with Crippen LogP contribution in [0.2, 0.25) is 0 Å². The Hall–Kier alpha value is -1.36. The molecule has 1 aromatic rings. The molecular formula is C14H23N3O2. The van der Waals surface area contributed by atoms with Crippen molar-refractivity contribution in [1.82, 2.24) is 15.1 Å². The maximum Gasteiger partial charge on any atom is 0.274 e. The Bertz CT molecular complexity index is 430. The number of aromatic amines is 1. The number of carbonyl (C=O) groups excluding carboxylic acids is 1. The second-order valence-corrected chi connectivity index (χ2v) is 5.46. The maximum atomic E-state index is 12.5. The molecule has 2 N–H and O–H groups in total. The molecule has 0 saturated carbocycles. The lowest BCUT2D eigenvalue weighted by Crippen LogP contribution is -2.46. The topological polar surface area (TPSA) is 69.2 Å². The molecule has 1 fully saturated rings. The van der Waals surface area contributed by atoms with Crippen molar-refractivity contribution >= 4 is 5.91 Å². The second-order valence-electron chi connectivity index (χ2n) is 5.46. The summed E-state index contributed by atoms with van der Waals surface area (Å²) >= 11 is 0. The Morgan fingerprint density at radius 3 is 3.05 bits per heavy atom. The summed E-state index contributed by atoms with van der Waals surface area (Å²) in [6.45, 7) is 4.94. The van der Waals surface area contributed by atoms with Crippen molar-refractivity contribution in [2.24, 2.45) is 5.92 Å². The number of hydrogen-bond acceptors (Lipinski definition) is 3. The first-order valence-electron chi connectivity index (χ1n) is 7.11. The molecular weight excluding hydrogens is 242 g/mol. The third kappa shape index (κ3) is 3.15. The van der Waals surface area contributed by atoms with E-state index < -0.39 is 0 Å². The number of H-pyrrole nitrogens is 1. The van der Waals surface area contributed by atoms with Crippen LogP contribution < -0.4 is 0 Å². The van der Waals surface area contributed by atoms with Gasteiger partial charge in [0, 0.05) is 24.9 Å². The van der Waals surface area contributed by atoms with Crippen molar-refractivity contribution in [3.05, 3.63) is 17.5 Å². The predicted molar refractivity (Wildman–Crippen MR) is 72.9 cm³/mol. The number of aliphatic hydroxyl groups is 1. The van der Waals surface area contributed by atoms with Gasteiger partial charge in [-0.3, -0.25) is 9.89 Å². The van der Waals surface area contributed by atoms with E-state index in [1.54, 1.807) is 0 Å². The minimum atomic E-state index is -0.0238. The minimum absolute atomic E-state index is 0.0238. The summed E-state index contributed by atoms with van der Waals surface area (Å²) < 4.78 is 0. The zero-order valence-corrected chi connectivity index (χ0v) is 11.7. The van der Waals surface area contributed by atoms with Crippen molar-refractivity contribution < 1.29 is 9.90 Å². The molecule has 1 aliphatic rings. The monoisotopic (exact) mass is 265 g/mol. The average Bonchev–Trinajstić information content (AvgIpc) is 2.88. The van der Waals surface area contributed by atoms with Crippen molar-refractivity contribution in [1.29, 1.82) is 0 Å². The number of hydrogen-bond donors (Lipinski definition) is 2. The van der Waals surface area contributed by atoms with Gasteiger partial charge in [0.1, 0.15) is 5.69 Å². The molecule has 0 aliphatic carbocycles. The first-order chi connectivity index (χ1) is 9.15. The highest BCUT2D eigenvalue weighted by molar-refractivity contribution is 5.92. The molecule has 0 spiro atoms. The molecule has 0 aromatic carbocycles. The van der Waals surface area contributed by atoms with Gasteiger partial charge in [0.15, 0.2) is 0 Å². The highest BCUT2D eigenvalue weighted by Gasteiger charge is 2.30. The van der Waals surface area contributed by atoms with Gasteiger partial charge in [-0.1, -0.05) is 13.3 Å². The molecule has 19 heavy (non-hydrogen) atoms. The lowest BCUT2D eigenvalue weighted by Gasteiger charge is -2.37. The SMILES string of the molecule is CCCc1cc(C(=O)N2CC(CO)CCC2C)n[nH]1. The van der Waals surface area contributed by atoms with Crippen LogP contribution in [0.4, 0.5) is 0 Å². The standard InChI is InChI=1S/C14H23N3O2/c1-3-4-12-7-13(16-15-12)14(19)17-8-11(9-18)6-5-10(17)2/h7,10-11,18H,3-6,8-9H2,1-2H3,(H,15,16). The van der Waals surface area contributed by atoms with E-state index in [0.717, 1.165) is 31.4 Å². The fraction of sp³-hybridized carbons (Fsp3) is 0.714. The van der Waals surface area contributed by atoms with Crippen LogP contribution in [0.3, 0.4) is 0 Å². The molecule has 0 radical (unpaired) electrons. The molecule has 0 bridgehead atoms. The van der Waals surface area contributed by atoms with Crippen molar-refractivity contribution in [2.75, 3.05) is 13.2 Å². The number of likely N-dealkylation sites (tertiary alicyclic amines) is 1. The predicted octanol–water partition coefficient (Wildman–Crippen LogP) is 1.60. The van der Waals surface area contributed by atoms with Crippen LogP contribution in [0.1, 0.15) is 49.3 Å². The fourth-order valence-electron chi connectivity index (χ4n) is 2.63. The van der Waals surface area contributed by atoms with Crippen molar-refractivity contribution in [3.63, 3.8) is 0 Å². The Labute approximate surface area is 114 Å². The molecule has 2 heterocycles. The zero-order valence-electron chi connectivity index (χ0n) is 11.7. The van der Waals surface area contributed by atoms with Crippen LogP contribution in [-0.2, 0) is 6.42 Å². The van der Waals surface area contributed by atoms with Gasteiger partial charge in [-0.15, -0.1) is 0 Å². The molecule has 106 valence electrons. The summed E-state index contributed by atoms with van der Waals surface area (Å²) in [6.07, 6.45) is 3.88. The van der Waals surface area contributed by atoms with Gasteiger partial charge in [0.05, 0.1) is 0 Å². The van der Waals surface area contributed by atoms with E-state index in [9.17, 15) is 9.90 Å². The molecule has 1 aliphatic heterocycles. The van der Waals surface area contributed by atoms with Gasteiger partial charge >= 0.3 is 0 Å². The number of nitrogens with zero attached hydrogens (tertiary/aromatic N) is 2. The van der Waals surface area contributed by atoms with Gasteiger partial charge < -0.3 is 10.0 Å². The normalized spacial score (nSPS) is 23.6. The summed E-state index contributed by atoms with van der Waals surface area (Å²) in [4.78, 5) is 14.3. The Balaban J connectivity index is 2.08. The molecule has 2 unspecified atom stereocenters. The number of amides is 1. The summed E-state index contributed by atoms with van der Waals surface area (Å²) in [5, 5.41) is 16.3. The van der Waals surface area contributed by atoms with E-state index in [0.29, 0.717) is 12.2 Å². The summed E-state index contributed by atoms with van der Waals surface area (Å²) in [5.41, 5.74) is 1.50. The zero-order chi connectivity index (χ0) is 13.8. The highest BCUT2D eigenvalue weighted by Crippen LogP contribution is 2.23. The van der Waals surface area contributed by atoms with Crippen LogP contribution in [0, 0.1) is 5.92 Å². The third-order valence-electron chi connectivity index (χ3n) is 3.87. The number of aryl methyl sites for hydroxylation is 1. The van der Waals surface area contributed by atoms with Gasteiger partial charge in [-0.25, -0.2) is 0 Å². The van der Waals surface area contributed by atoms with E-state index >= 15 is 0 Å². The van der Waals surface area contributed by atoms with E-state index in [2.05, 4.69) is 24.0 Å². The van der Waals surface area contributed by atoms with Crippen molar-refractivity contribution in [3.8, 4) is 0 Å². The molecule has 5 heteroatoms. The number of aliphatic hydroxyl groups excluding tert-OH is 1. The first kappa shape index (κ1) is 14.1. The number of rotatable bonds is 4. The van der Waals surface area contributed by atoms with Crippen molar-refractivity contribution in [2.45, 2.75) is 45.6 Å². The number of piperidine rings is 1. The van der Waals surface area contributed by atoms with Crippen LogP contribution in [0.15, 0.2) is 6.07 Å². The molecule has 5 nitrogen and oxygen atoms in total. The van der Waals surface area contributed by atoms with Crippen LogP contribution in [-0.4, -0.2) is 45.3 Å². The smallest absolute Gasteiger partial charge is 0.274 e. The Kier molecular flexibility index (Phi) is 4.58. The molecule has 2 rings (SSSR count). The molecule has 1 saturated heterocycles. The summed E-state index contributed by atoms with van der Waals surface area (Å²) in [5.74, 6) is 0.179. The van der Waals surface area contributed by atoms with E-state index in [1.807, 2.05) is 11.0 Å². The molecule has 1 amide bonds. The lowest BCUT2D eigenvalue weighted by molar-refractivity contribution is 0.0483. The Morgan fingerprint density at radius 1 is 1.58 bits per heavy atom. The number of aromatic nitrogens is 2. The van der Waals surface area contributed by atoms with E-state index in [-0.39, 0.29) is 24.5 Å². The third-order valence-corrected chi connectivity index (χ3v) is 3.87. The summed E-state index contributed by atoms with van der Waals surface area (Å²) in [7, 11) is 0. The largest absolute Gasteiger partial charge is 0.396 e. The van der Waals surface area contributed by atoms with Gasteiger partial charge in [-0.05, 0) is 38.2 Å². The second kappa shape index (κ2) is 6.19. The Morgan fingerprint density at radius 2 is 2.37 bits per heavy atom. The number of carbonyl (C=O) groups is 1. The lowest BCUT2D eigenvalue weighted by atomic mass is 9.94. The van der Waals surface area contributed by atoms with E-state index in [1.165, 1.54) is 0 Å². The maximum absolute atomic E-state index is 12.5. The fourth-order valence-corrected chi connectivity index (χ4v) is 2.63. The van der Waals surface area contributed by atoms with Gasteiger partial charge in [-0.2, -0.15) is 5.10 Å². The van der Waals surface area contributed by atoms with Crippen LogP contribution in [0.5, 0.6) is 0 Å². The molecule has 1 aromatic heterocycles.